The molecular weight excluding hydrogens is 342 g/mol. The molecule has 2 aromatic carbocycles. The zero-order chi connectivity index (χ0) is 18.4. The van der Waals surface area contributed by atoms with Gasteiger partial charge in [-0.15, -0.1) is 11.3 Å². The van der Waals surface area contributed by atoms with Crippen LogP contribution in [0.25, 0.3) is 0 Å². The molecule has 5 heteroatoms. The summed E-state index contributed by atoms with van der Waals surface area (Å²) >= 11 is 1.66. The third kappa shape index (κ3) is 4.37. The zero-order valence-corrected chi connectivity index (χ0v) is 15.2. The van der Waals surface area contributed by atoms with Crippen LogP contribution in [0.15, 0.2) is 72.1 Å². The first kappa shape index (κ1) is 17.9. The Morgan fingerprint density at radius 3 is 2.58 bits per heavy atom. The van der Waals surface area contributed by atoms with Crippen LogP contribution < -0.4 is 10.6 Å². The lowest BCUT2D eigenvalue weighted by molar-refractivity contribution is -0.117. The first-order chi connectivity index (χ1) is 12.7. The van der Waals surface area contributed by atoms with E-state index in [4.69, 9.17) is 5.26 Å². The molecule has 3 rings (SSSR count). The Balaban J connectivity index is 1.74. The van der Waals surface area contributed by atoms with Crippen LogP contribution in [-0.2, 0) is 4.79 Å². The normalized spacial score (nSPS) is 12.8. The minimum Gasteiger partial charge on any atom is -0.325 e. The standard InChI is InChI=1S/C21H19N3OS/c1-15(21(25)24-18-10-5-7-16(13-18)14-22)23-20(19-11-6-12-26-19)17-8-3-2-4-9-17/h2-13,15,20,23H,1H3,(H,24,25)/t15-,20+/m0/s1. The highest BCUT2D eigenvalue weighted by atomic mass is 32.1. The first-order valence-corrected chi connectivity index (χ1v) is 9.21. The summed E-state index contributed by atoms with van der Waals surface area (Å²) in [5.41, 5.74) is 2.25. The number of hydrogen-bond acceptors (Lipinski definition) is 4. The number of hydrogen-bond donors (Lipinski definition) is 2. The number of anilines is 1. The summed E-state index contributed by atoms with van der Waals surface area (Å²) < 4.78 is 0. The molecule has 0 aliphatic heterocycles. The van der Waals surface area contributed by atoms with E-state index in [1.54, 1.807) is 35.6 Å². The molecule has 0 radical (unpaired) electrons. The summed E-state index contributed by atoms with van der Waals surface area (Å²) in [4.78, 5) is 13.8. The lowest BCUT2D eigenvalue weighted by Crippen LogP contribution is -2.40. The third-order valence-corrected chi connectivity index (χ3v) is 4.97. The van der Waals surface area contributed by atoms with E-state index >= 15 is 0 Å². The van der Waals surface area contributed by atoms with Gasteiger partial charge in [0.15, 0.2) is 0 Å². The van der Waals surface area contributed by atoms with Crippen LogP contribution in [0.4, 0.5) is 5.69 Å². The number of carbonyl (C=O) groups excluding carboxylic acids is 1. The van der Waals surface area contributed by atoms with Crippen molar-refractivity contribution in [3.63, 3.8) is 0 Å². The molecule has 0 saturated heterocycles. The number of amides is 1. The number of nitriles is 1. The summed E-state index contributed by atoms with van der Waals surface area (Å²) in [5.74, 6) is -0.141. The van der Waals surface area contributed by atoms with E-state index in [0.717, 1.165) is 10.4 Å². The minimum absolute atomic E-state index is 0.0533. The Bertz CT molecular complexity index is 901. The Kier molecular flexibility index (Phi) is 5.80. The predicted molar refractivity (Wildman–Crippen MR) is 105 cm³/mol. The molecule has 2 N–H and O–H groups in total. The van der Waals surface area contributed by atoms with Crippen LogP contribution in [0, 0.1) is 11.3 Å². The van der Waals surface area contributed by atoms with Gasteiger partial charge in [0.05, 0.1) is 23.7 Å². The predicted octanol–water partition coefficient (Wildman–Crippen LogP) is 4.33. The molecule has 3 aromatic rings. The van der Waals surface area contributed by atoms with Crippen LogP contribution in [0.5, 0.6) is 0 Å². The third-order valence-electron chi connectivity index (χ3n) is 4.03. The fraction of sp³-hybridized carbons (Fsp3) is 0.143. The minimum atomic E-state index is -0.409. The molecular formula is C21H19N3OS. The molecule has 2 atom stereocenters. The van der Waals surface area contributed by atoms with Gasteiger partial charge >= 0.3 is 0 Å². The molecule has 26 heavy (non-hydrogen) atoms. The average Bonchev–Trinajstić information content (AvgIpc) is 3.21. The number of carbonyl (C=O) groups is 1. The number of nitrogens with one attached hydrogen (secondary N) is 2. The van der Waals surface area contributed by atoms with Gasteiger partial charge in [-0.3, -0.25) is 10.1 Å². The van der Waals surface area contributed by atoms with Gasteiger partial charge in [0.2, 0.25) is 5.91 Å². The maximum Gasteiger partial charge on any atom is 0.241 e. The SMILES string of the molecule is C[C@H](N[C@H](c1ccccc1)c1cccs1)C(=O)Nc1cccc(C#N)c1. The van der Waals surface area contributed by atoms with Gasteiger partial charge in [-0.1, -0.05) is 42.5 Å². The van der Waals surface area contributed by atoms with Gasteiger partial charge < -0.3 is 5.32 Å². The van der Waals surface area contributed by atoms with Crippen molar-refractivity contribution in [1.82, 2.24) is 5.32 Å². The van der Waals surface area contributed by atoms with Crippen molar-refractivity contribution in [1.29, 1.82) is 5.26 Å². The van der Waals surface area contributed by atoms with Gasteiger partial charge in [-0.05, 0) is 42.1 Å². The molecule has 0 fully saturated rings. The Hall–Kier alpha value is -2.94. The molecule has 0 saturated carbocycles. The number of thiophene rings is 1. The van der Waals surface area contributed by atoms with Crippen molar-refractivity contribution >= 4 is 22.9 Å². The van der Waals surface area contributed by atoms with Gasteiger partial charge in [0.25, 0.3) is 0 Å². The van der Waals surface area contributed by atoms with E-state index in [0.29, 0.717) is 11.3 Å². The van der Waals surface area contributed by atoms with Crippen molar-refractivity contribution in [2.24, 2.45) is 0 Å². The molecule has 0 unspecified atom stereocenters. The van der Waals surface area contributed by atoms with Crippen LogP contribution in [0.2, 0.25) is 0 Å². The summed E-state index contributed by atoms with van der Waals surface area (Å²) in [6.45, 7) is 1.84. The molecule has 0 bridgehead atoms. The monoisotopic (exact) mass is 361 g/mol. The molecule has 1 amide bonds. The maximum atomic E-state index is 12.6. The van der Waals surface area contributed by atoms with Crippen LogP contribution in [0.3, 0.4) is 0 Å². The first-order valence-electron chi connectivity index (χ1n) is 8.33. The fourth-order valence-electron chi connectivity index (χ4n) is 2.69. The smallest absolute Gasteiger partial charge is 0.241 e. The van der Waals surface area contributed by atoms with E-state index in [1.807, 2.05) is 36.6 Å². The van der Waals surface area contributed by atoms with E-state index < -0.39 is 6.04 Å². The average molecular weight is 361 g/mol. The molecule has 0 aliphatic carbocycles. The van der Waals surface area contributed by atoms with E-state index in [9.17, 15) is 4.79 Å². The second-order valence-corrected chi connectivity index (χ2v) is 6.91. The van der Waals surface area contributed by atoms with Crippen molar-refractivity contribution < 1.29 is 4.79 Å². The van der Waals surface area contributed by atoms with Gasteiger partial charge in [0, 0.05) is 10.6 Å². The van der Waals surface area contributed by atoms with Crippen LogP contribution in [0.1, 0.15) is 29.0 Å². The van der Waals surface area contributed by atoms with E-state index in [-0.39, 0.29) is 11.9 Å². The second-order valence-electron chi connectivity index (χ2n) is 5.93. The topological polar surface area (TPSA) is 64.9 Å². The fourth-order valence-corrected chi connectivity index (χ4v) is 3.50. The molecule has 0 spiro atoms. The molecule has 4 nitrogen and oxygen atoms in total. The Morgan fingerprint density at radius 1 is 1.08 bits per heavy atom. The van der Waals surface area contributed by atoms with Crippen molar-refractivity contribution in [3.05, 3.63) is 88.1 Å². The largest absolute Gasteiger partial charge is 0.325 e. The highest BCUT2D eigenvalue weighted by molar-refractivity contribution is 7.10. The molecule has 130 valence electrons. The molecule has 1 heterocycles. The van der Waals surface area contributed by atoms with E-state index in [2.05, 4.69) is 34.9 Å². The number of nitrogens with zero attached hydrogens (tertiary/aromatic N) is 1. The quantitative estimate of drug-likeness (QED) is 0.687. The van der Waals surface area contributed by atoms with Crippen molar-refractivity contribution in [2.45, 2.75) is 19.0 Å². The molecule has 1 aromatic heterocycles. The van der Waals surface area contributed by atoms with Gasteiger partial charge in [0.1, 0.15) is 0 Å². The lowest BCUT2D eigenvalue weighted by Gasteiger charge is -2.22. The number of benzene rings is 2. The van der Waals surface area contributed by atoms with Gasteiger partial charge in [-0.25, -0.2) is 0 Å². The summed E-state index contributed by atoms with van der Waals surface area (Å²) in [6.07, 6.45) is 0. The Morgan fingerprint density at radius 2 is 1.88 bits per heavy atom. The summed E-state index contributed by atoms with van der Waals surface area (Å²) in [6, 6.07) is 22.7. The van der Waals surface area contributed by atoms with Crippen LogP contribution >= 0.6 is 11.3 Å². The van der Waals surface area contributed by atoms with Crippen LogP contribution in [-0.4, -0.2) is 11.9 Å². The van der Waals surface area contributed by atoms with Crippen molar-refractivity contribution in [2.75, 3.05) is 5.32 Å². The highest BCUT2D eigenvalue weighted by Gasteiger charge is 2.21. The van der Waals surface area contributed by atoms with Gasteiger partial charge in [-0.2, -0.15) is 5.26 Å². The maximum absolute atomic E-state index is 12.6. The number of rotatable bonds is 6. The summed E-state index contributed by atoms with van der Waals surface area (Å²) in [5, 5.41) is 17.3. The second kappa shape index (κ2) is 8.43. The highest BCUT2D eigenvalue weighted by Crippen LogP contribution is 2.26. The Labute approximate surface area is 157 Å². The summed E-state index contributed by atoms with van der Waals surface area (Å²) in [7, 11) is 0. The zero-order valence-electron chi connectivity index (χ0n) is 14.3. The van der Waals surface area contributed by atoms with E-state index in [1.165, 1.54) is 0 Å². The molecule has 0 aliphatic rings. The lowest BCUT2D eigenvalue weighted by atomic mass is 10.0. The van der Waals surface area contributed by atoms with Crippen molar-refractivity contribution in [3.8, 4) is 6.07 Å².